The van der Waals surface area contributed by atoms with E-state index in [0.29, 0.717) is 25.1 Å². The summed E-state index contributed by atoms with van der Waals surface area (Å²) in [5.74, 6) is -0.962. The minimum atomic E-state index is -1.54. The number of quaternary nitrogens is 1. The van der Waals surface area contributed by atoms with E-state index in [1.165, 1.54) is 6.92 Å². The predicted molar refractivity (Wildman–Crippen MR) is 72.3 cm³/mol. The van der Waals surface area contributed by atoms with Crippen LogP contribution in [0.4, 0.5) is 0 Å². The van der Waals surface area contributed by atoms with Gasteiger partial charge in [0.1, 0.15) is 18.8 Å². The van der Waals surface area contributed by atoms with Crippen LogP contribution in [-0.2, 0) is 9.53 Å². The van der Waals surface area contributed by atoms with E-state index in [2.05, 4.69) is 0 Å². The number of ether oxygens (including phenoxy) is 1. The van der Waals surface area contributed by atoms with Crippen molar-refractivity contribution in [3.63, 3.8) is 0 Å². The Bertz CT molecular complexity index is 431. The van der Waals surface area contributed by atoms with Gasteiger partial charge in [0.15, 0.2) is 5.60 Å². The van der Waals surface area contributed by atoms with E-state index in [4.69, 9.17) is 4.74 Å². The number of esters is 1. The molecule has 6 heteroatoms. The third-order valence-electron chi connectivity index (χ3n) is 4.62. The highest BCUT2D eigenvalue weighted by Gasteiger charge is 2.48. The topological polar surface area (TPSA) is 89.8 Å². The first-order valence-electron chi connectivity index (χ1n) is 7.03. The molecule has 1 fully saturated rings. The van der Waals surface area contributed by atoms with E-state index in [1.54, 1.807) is 19.9 Å². The second kappa shape index (κ2) is 5.11. The molecule has 0 saturated carbocycles. The normalized spacial score (nSPS) is 35.6. The Labute approximate surface area is 118 Å². The molecule has 4 atom stereocenters. The lowest BCUT2D eigenvalue weighted by molar-refractivity contribution is -0.877. The van der Waals surface area contributed by atoms with Crippen LogP contribution >= 0.6 is 0 Å². The van der Waals surface area contributed by atoms with Crippen LogP contribution in [0.1, 0.15) is 27.2 Å². The fraction of sp³-hybridized carbons (Fsp3) is 0.786. The van der Waals surface area contributed by atoms with Gasteiger partial charge in [0.05, 0.1) is 13.1 Å². The molecule has 2 heterocycles. The number of carbonyl (C=O) groups excluding carboxylic acids is 1. The molecular weight excluding hydrogens is 262 g/mol. The number of aliphatic hydroxyl groups is 2. The van der Waals surface area contributed by atoms with E-state index in [0.717, 1.165) is 0 Å². The number of hydrogen-bond acceptors (Lipinski definition) is 5. The number of nitrogens with zero attached hydrogens (tertiary/aromatic N) is 1. The summed E-state index contributed by atoms with van der Waals surface area (Å²) >= 11 is 0. The van der Waals surface area contributed by atoms with Gasteiger partial charge in [-0.05, 0) is 18.9 Å². The molecule has 20 heavy (non-hydrogen) atoms. The molecule has 114 valence electrons. The highest BCUT2D eigenvalue weighted by molar-refractivity contribution is 5.79. The van der Waals surface area contributed by atoms with Gasteiger partial charge in [0.25, 0.3) is 0 Å². The van der Waals surface area contributed by atoms with Gasteiger partial charge < -0.3 is 24.8 Å². The van der Waals surface area contributed by atoms with Crippen molar-refractivity contribution in [1.29, 1.82) is 0 Å². The Kier molecular flexibility index (Phi) is 3.94. The quantitative estimate of drug-likeness (QED) is 0.336. The van der Waals surface area contributed by atoms with Crippen LogP contribution in [0.3, 0.4) is 0 Å². The SMILES string of the molecule is CC(C)C(C)(O)C(=O)OCC1=CC[N+]2([O-])CCC(O)C12. The second-order valence-corrected chi connectivity index (χ2v) is 6.32. The Morgan fingerprint density at radius 1 is 1.65 bits per heavy atom. The van der Waals surface area contributed by atoms with E-state index in [-0.39, 0.29) is 12.5 Å². The van der Waals surface area contributed by atoms with E-state index < -0.39 is 28.4 Å². The lowest BCUT2D eigenvalue weighted by atomic mass is 9.93. The number of carbonyl (C=O) groups is 1. The molecule has 2 aliphatic heterocycles. The zero-order valence-electron chi connectivity index (χ0n) is 12.2. The van der Waals surface area contributed by atoms with Crippen molar-refractivity contribution in [2.24, 2.45) is 5.92 Å². The van der Waals surface area contributed by atoms with Gasteiger partial charge in [-0.25, -0.2) is 4.79 Å². The first kappa shape index (κ1) is 15.4. The first-order valence-corrected chi connectivity index (χ1v) is 7.03. The van der Waals surface area contributed by atoms with Gasteiger partial charge >= 0.3 is 5.97 Å². The van der Waals surface area contributed by atoms with Crippen molar-refractivity contribution in [3.05, 3.63) is 16.9 Å². The highest BCUT2D eigenvalue weighted by atomic mass is 16.6. The molecule has 0 aliphatic carbocycles. The fourth-order valence-corrected chi connectivity index (χ4v) is 2.78. The number of aliphatic hydroxyl groups excluding tert-OH is 1. The Morgan fingerprint density at radius 2 is 2.30 bits per heavy atom. The van der Waals surface area contributed by atoms with E-state index >= 15 is 0 Å². The zero-order valence-corrected chi connectivity index (χ0v) is 12.2. The van der Waals surface area contributed by atoms with Gasteiger partial charge in [-0.15, -0.1) is 0 Å². The van der Waals surface area contributed by atoms with Gasteiger partial charge in [0, 0.05) is 12.0 Å². The summed E-state index contributed by atoms with van der Waals surface area (Å²) < 4.78 is 4.69. The van der Waals surface area contributed by atoms with Crippen LogP contribution in [0.2, 0.25) is 0 Å². The van der Waals surface area contributed by atoms with Gasteiger partial charge in [-0.2, -0.15) is 0 Å². The van der Waals surface area contributed by atoms with Gasteiger partial charge in [-0.3, -0.25) is 0 Å². The third kappa shape index (κ3) is 2.48. The largest absolute Gasteiger partial charge is 0.632 e. The molecule has 0 aromatic rings. The van der Waals surface area contributed by atoms with E-state index in [9.17, 15) is 20.2 Å². The number of hydroxylamine groups is 3. The lowest BCUT2D eigenvalue weighted by Crippen LogP contribution is -2.47. The van der Waals surface area contributed by atoms with Crippen LogP contribution in [0.5, 0.6) is 0 Å². The number of fused-ring (bicyclic) bond motifs is 1. The van der Waals surface area contributed by atoms with Crippen LogP contribution in [0.15, 0.2) is 11.6 Å². The van der Waals surface area contributed by atoms with Gasteiger partial charge in [0.2, 0.25) is 0 Å². The van der Waals surface area contributed by atoms with Crippen LogP contribution in [0.25, 0.3) is 0 Å². The molecule has 0 aromatic carbocycles. The smallest absolute Gasteiger partial charge is 0.338 e. The maximum Gasteiger partial charge on any atom is 0.338 e. The van der Waals surface area contributed by atoms with E-state index in [1.807, 2.05) is 0 Å². The summed E-state index contributed by atoms with van der Waals surface area (Å²) in [6.45, 7) is 5.55. The lowest BCUT2D eigenvalue weighted by Gasteiger charge is -2.40. The molecule has 2 N–H and O–H groups in total. The van der Waals surface area contributed by atoms with Crippen LogP contribution in [0, 0.1) is 11.1 Å². The van der Waals surface area contributed by atoms with Crippen LogP contribution in [-0.4, -0.2) is 58.3 Å². The maximum atomic E-state index is 12.4. The van der Waals surface area contributed by atoms with Crippen LogP contribution < -0.4 is 0 Å². The Balaban J connectivity index is 1.97. The molecule has 0 bridgehead atoms. The molecule has 0 spiro atoms. The van der Waals surface area contributed by atoms with Crippen molar-refractivity contribution < 1.29 is 24.4 Å². The average molecular weight is 285 g/mol. The molecule has 1 saturated heterocycles. The first-order chi connectivity index (χ1) is 9.18. The maximum absolute atomic E-state index is 12.4. The molecule has 2 rings (SSSR count). The third-order valence-corrected chi connectivity index (χ3v) is 4.62. The number of hydrogen-bond donors (Lipinski definition) is 2. The molecule has 0 aromatic heterocycles. The molecule has 2 aliphatic rings. The van der Waals surface area contributed by atoms with Crippen molar-refractivity contribution in [2.45, 2.75) is 44.9 Å². The summed E-state index contributed by atoms with van der Waals surface area (Å²) in [6, 6.07) is -0.521. The minimum absolute atomic E-state index is 0.0360. The zero-order chi connectivity index (χ0) is 15.1. The monoisotopic (exact) mass is 285 g/mol. The molecular formula is C14H23NO5. The Hall–Kier alpha value is -0.950. The average Bonchev–Trinajstić information content (AvgIpc) is 2.84. The summed E-state index contributed by atoms with van der Waals surface area (Å²) in [5.41, 5.74) is -0.880. The van der Waals surface area contributed by atoms with Crippen molar-refractivity contribution in [2.75, 3.05) is 19.7 Å². The van der Waals surface area contributed by atoms with Gasteiger partial charge in [-0.1, -0.05) is 13.8 Å². The molecule has 0 radical (unpaired) electrons. The summed E-state index contributed by atoms with van der Waals surface area (Å²) in [6.07, 6.45) is 1.55. The molecule has 0 amide bonds. The summed E-state index contributed by atoms with van der Waals surface area (Å²) in [7, 11) is 0. The number of rotatable bonds is 4. The van der Waals surface area contributed by atoms with Crippen molar-refractivity contribution in [3.8, 4) is 0 Å². The fourth-order valence-electron chi connectivity index (χ4n) is 2.78. The molecule has 4 unspecified atom stereocenters. The highest BCUT2D eigenvalue weighted by Crippen LogP contribution is 2.36. The van der Waals surface area contributed by atoms with Crippen molar-refractivity contribution in [1.82, 2.24) is 0 Å². The summed E-state index contributed by atoms with van der Waals surface area (Å²) in [5, 5.41) is 32.3. The predicted octanol–water partition coefficient (Wildman–Crippen LogP) is 0.324. The minimum Gasteiger partial charge on any atom is -0.632 e. The van der Waals surface area contributed by atoms with Crippen molar-refractivity contribution >= 4 is 5.97 Å². The Morgan fingerprint density at radius 3 is 2.90 bits per heavy atom. The standard InChI is InChI=1S/C14H23NO5/c1-9(2)14(3,18)13(17)20-8-10-4-6-15(19)7-5-11(16)12(10)15/h4,9,11-12,16,18H,5-8H2,1-3H3. The molecule has 6 nitrogen and oxygen atoms in total. The summed E-state index contributed by atoms with van der Waals surface area (Å²) in [4.78, 5) is 11.9. The second-order valence-electron chi connectivity index (χ2n) is 6.32.